The molecule has 4 heterocycles. The number of hydrogen-bond acceptors (Lipinski definition) is 4. The standard InChI is InChI=1S/C38H21N3OS/c1-2-12-22(13-3-1)34-23-14-4-8-18-27(23)39-38(40-34)41-28-19-9-5-15-24(28)31-32-25-16-6-10-20-29(25)42-36(32)37-33(35(31)41)26-17-7-11-21-30(26)43-37/h1-21H/p+1. The van der Waals surface area contributed by atoms with E-state index >= 15 is 0 Å². The molecule has 0 aliphatic carbocycles. The number of aromatic nitrogens is 2. The molecular weight excluding hydrogens is 547 g/mol. The fraction of sp³-hybridized carbons (Fsp3) is 0. The third-order valence-electron chi connectivity index (χ3n) is 8.74. The number of thiophene rings is 1. The van der Waals surface area contributed by atoms with Gasteiger partial charge in [0.15, 0.2) is 17.0 Å². The molecule has 10 rings (SSSR count). The lowest BCUT2D eigenvalue weighted by Gasteiger charge is -2.16. The molecule has 0 saturated heterocycles. The van der Waals surface area contributed by atoms with Gasteiger partial charge in [0.1, 0.15) is 5.58 Å². The van der Waals surface area contributed by atoms with Crippen LogP contribution in [-0.4, -0.2) is 9.97 Å². The average Bonchev–Trinajstić information content (AvgIpc) is 3.74. The second-order valence-corrected chi connectivity index (χ2v) is 12.1. The summed E-state index contributed by atoms with van der Waals surface area (Å²) in [7, 11) is 0. The lowest BCUT2D eigenvalue weighted by molar-refractivity contribution is -0.682. The molecule has 0 amide bonds. The normalized spacial score (nSPS) is 14.3. The molecule has 1 aliphatic rings. The minimum absolute atomic E-state index is 0.743. The molecule has 4 nitrogen and oxygen atoms in total. The molecule has 9 aromatic rings. The number of quaternary nitrogens is 1. The van der Waals surface area contributed by atoms with E-state index in [9.17, 15) is 0 Å². The van der Waals surface area contributed by atoms with E-state index in [1.807, 2.05) is 12.1 Å². The molecule has 0 saturated carbocycles. The smallest absolute Gasteiger partial charge is 0.338 e. The largest absolute Gasteiger partial charge is 0.455 e. The molecule has 0 spiro atoms. The van der Waals surface area contributed by atoms with Crippen LogP contribution in [0.25, 0.3) is 75.4 Å². The van der Waals surface area contributed by atoms with Gasteiger partial charge in [0.05, 0.1) is 32.4 Å². The van der Waals surface area contributed by atoms with Crippen molar-refractivity contribution in [3.05, 3.63) is 127 Å². The molecule has 1 atom stereocenters. The molecule has 1 aliphatic heterocycles. The minimum atomic E-state index is 0.743. The van der Waals surface area contributed by atoms with Crippen molar-refractivity contribution in [2.45, 2.75) is 0 Å². The van der Waals surface area contributed by atoms with Crippen LogP contribution < -0.4 is 4.90 Å². The molecule has 6 aromatic carbocycles. The number of nitrogens with one attached hydrogen (secondary N) is 1. The lowest BCUT2D eigenvalue weighted by atomic mass is 9.96. The van der Waals surface area contributed by atoms with Crippen LogP contribution in [-0.2, 0) is 0 Å². The maximum Gasteiger partial charge on any atom is 0.338 e. The Kier molecular flexibility index (Phi) is 4.64. The summed E-state index contributed by atoms with van der Waals surface area (Å²) < 4.78 is 9.09. The SMILES string of the molecule is c1ccc(-c2nc([NH+]3c4ccccc4-c4c3c3c5ccccc5sc3c3oc5ccccc5c43)nc3ccccc23)cc1. The van der Waals surface area contributed by atoms with Crippen molar-refractivity contribution in [2.75, 3.05) is 0 Å². The van der Waals surface area contributed by atoms with E-state index in [1.165, 1.54) is 37.0 Å². The Morgan fingerprint density at radius 3 is 2.23 bits per heavy atom. The summed E-state index contributed by atoms with van der Waals surface area (Å²) in [5.41, 5.74) is 9.58. The van der Waals surface area contributed by atoms with E-state index in [0.717, 1.165) is 60.6 Å². The zero-order chi connectivity index (χ0) is 28.1. The third-order valence-corrected chi connectivity index (χ3v) is 9.91. The number of hydrogen-bond donors (Lipinski definition) is 1. The number of para-hydroxylation sites is 3. The summed E-state index contributed by atoms with van der Waals surface area (Å²) in [6.45, 7) is 0. The molecule has 1 N–H and O–H groups in total. The zero-order valence-electron chi connectivity index (χ0n) is 22.8. The summed E-state index contributed by atoms with van der Waals surface area (Å²) in [6.07, 6.45) is 0. The first-order chi connectivity index (χ1) is 21.3. The highest BCUT2D eigenvalue weighted by atomic mass is 32.1. The quantitative estimate of drug-likeness (QED) is 0.226. The average molecular weight is 569 g/mol. The van der Waals surface area contributed by atoms with Gasteiger partial charge in [-0.25, -0.2) is 4.90 Å². The van der Waals surface area contributed by atoms with E-state index < -0.39 is 0 Å². The van der Waals surface area contributed by atoms with E-state index in [4.69, 9.17) is 14.4 Å². The van der Waals surface area contributed by atoms with E-state index in [-0.39, 0.29) is 0 Å². The molecule has 3 aromatic heterocycles. The lowest BCUT2D eigenvalue weighted by Crippen LogP contribution is -2.96. The van der Waals surface area contributed by atoms with Crippen LogP contribution in [0.3, 0.4) is 0 Å². The Balaban J connectivity index is 1.41. The third kappa shape index (κ3) is 3.12. The highest BCUT2D eigenvalue weighted by molar-refractivity contribution is 7.26. The number of rotatable bonds is 2. The first-order valence-corrected chi connectivity index (χ1v) is 15.2. The van der Waals surface area contributed by atoms with Crippen LogP contribution in [0.5, 0.6) is 0 Å². The highest BCUT2D eigenvalue weighted by Gasteiger charge is 2.41. The minimum Gasteiger partial charge on any atom is -0.455 e. The van der Waals surface area contributed by atoms with Crippen molar-refractivity contribution >= 4 is 81.7 Å². The van der Waals surface area contributed by atoms with Crippen molar-refractivity contribution in [2.24, 2.45) is 0 Å². The number of furan rings is 1. The fourth-order valence-corrected chi connectivity index (χ4v) is 8.16. The Morgan fingerprint density at radius 2 is 1.33 bits per heavy atom. The Labute approximate surface area is 250 Å². The summed E-state index contributed by atoms with van der Waals surface area (Å²) >= 11 is 1.80. The van der Waals surface area contributed by atoms with E-state index in [2.05, 4.69) is 115 Å². The monoisotopic (exact) mass is 568 g/mol. The number of fused-ring (bicyclic) bond motifs is 13. The van der Waals surface area contributed by atoms with Gasteiger partial charge in [-0.05, 0) is 24.3 Å². The van der Waals surface area contributed by atoms with Crippen molar-refractivity contribution < 1.29 is 9.32 Å². The van der Waals surface area contributed by atoms with Crippen molar-refractivity contribution in [1.29, 1.82) is 0 Å². The molecule has 0 bridgehead atoms. The Hall–Kier alpha value is -5.36. The van der Waals surface area contributed by atoms with Crippen LogP contribution in [0.2, 0.25) is 0 Å². The molecular formula is C38H22N3OS+. The maximum atomic E-state index is 6.68. The zero-order valence-corrected chi connectivity index (χ0v) is 23.7. The van der Waals surface area contributed by atoms with Crippen LogP contribution in [0.15, 0.2) is 132 Å². The van der Waals surface area contributed by atoms with Crippen LogP contribution in [0, 0.1) is 0 Å². The first kappa shape index (κ1) is 23.2. The second-order valence-electron chi connectivity index (χ2n) is 11.1. The van der Waals surface area contributed by atoms with E-state index in [1.54, 1.807) is 11.3 Å². The van der Waals surface area contributed by atoms with Gasteiger partial charge in [-0.1, -0.05) is 97.1 Å². The molecule has 0 radical (unpaired) electrons. The highest BCUT2D eigenvalue weighted by Crippen LogP contribution is 2.54. The Bertz CT molecular complexity index is 2580. The summed E-state index contributed by atoms with van der Waals surface area (Å²) in [5, 5.41) is 5.79. The first-order valence-electron chi connectivity index (χ1n) is 14.4. The van der Waals surface area contributed by atoms with Gasteiger partial charge in [-0.2, -0.15) is 9.97 Å². The van der Waals surface area contributed by atoms with Gasteiger partial charge in [0.25, 0.3) is 0 Å². The molecule has 43 heavy (non-hydrogen) atoms. The van der Waals surface area contributed by atoms with Gasteiger partial charge in [0.2, 0.25) is 0 Å². The Morgan fingerprint density at radius 1 is 0.605 bits per heavy atom. The van der Waals surface area contributed by atoms with Gasteiger partial charge in [0, 0.05) is 37.9 Å². The van der Waals surface area contributed by atoms with Gasteiger partial charge in [-0.3, -0.25) is 0 Å². The van der Waals surface area contributed by atoms with E-state index in [0.29, 0.717) is 0 Å². The van der Waals surface area contributed by atoms with Gasteiger partial charge >= 0.3 is 5.95 Å². The maximum absolute atomic E-state index is 6.68. The number of benzene rings is 6. The van der Waals surface area contributed by atoms with Gasteiger partial charge in [-0.15, -0.1) is 11.3 Å². The van der Waals surface area contributed by atoms with Crippen molar-refractivity contribution in [3.63, 3.8) is 0 Å². The fourth-order valence-electron chi connectivity index (χ4n) is 6.97. The van der Waals surface area contributed by atoms with Crippen LogP contribution in [0.1, 0.15) is 0 Å². The predicted molar refractivity (Wildman–Crippen MR) is 177 cm³/mol. The molecule has 5 heteroatoms. The van der Waals surface area contributed by atoms with Gasteiger partial charge < -0.3 is 4.42 Å². The second kappa shape index (κ2) is 8.58. The predicted octanol–water partition coefficient (Wildman–Crippen LogP) is 9.72. The molecule has 200 valence electrons. The van der Waals surface area contributed by atoms with Crippen molar-refractivity contribution in [3.8, 4) is 22.4 Å². The summed E-state index contributed by atoms with van der Waals surface area (Å²) in [5.74, 6) is 0.743. The topological polar surface area (TPSA) is 43.4 Å². The summed E-state index contributed by atoms with van der Waals surface area (Å²) in [6, 6.07) is 44.6. The number of nitrogens with zero attached hydrogens (tertiary/aromatic N) is 2. The van der Waals surface area contributed by atoms with Crippen LogP contribution >= 0.6 is 11.3 Å². The van der Waals surface area contributed by atoms with Crippen molar-refractivity contribution in [1.82, 2.24) is 9.97 Å². The summed E-state index contributed by atoms with van der Waals surface area (Å²) in [4.78, 5) is 11.7. The van der Waals surface area contributed by atoms with Crippen LogP contribution in [0.4, 0.5) is 17.3 Å². The molecule has 0 fully saturated rings. The molecule has 1 unspecified atom stereocenters.